The van der Waals surface area contributed by atoms with E-state index in [1.165, 1.54) is 25.5 Å². The Morgan fingerprint density at radius 2 is 2.19 bits per heavy atom. The number of carbonyl (C=O) groups is 1. The number of aromatic amines is 1. The number of nitrogens with one attached hydrogen (secondary N) is 1. The minimum absolute atomic E-state index is 0.0295. The molecule has 1 fully saturated rings. The molecule has 1 amide bonds. The topological polar surface area (TPSA) is 75.0 Å². The quantitative estimate of drug-likeness (QED) is 0.794. The predicted molar refractivity (Wildman–Crippen MR) is 62.0 cm³/mol. The normalized spacial score (nSPS) is 17.3. The lowest BCUT2D eigenvalue weighted by Gasteiger charge is -2.31. The molecule has 5 heteroatoms. The summed E-state index contributed by atoms with van der Waals surface area (Å²) in [6, 6.07) is 0.357. The van der Waals surface area contributed by atoms with Gasteiger partial charge < -0.3 is 10.6 Å². The Morgan fingerprint density at radius 1 is 1.50 bits per heavy atom. The van der Waals surface area contributed by atoms with Gasteiger partial charge in [-0.25, -0.2) is 0 Å². The van der Waals surface area contributed by atoms with Crippen LogP contribution in [0.5, 0.6) is 0 Å². The minimum Gasteiger partial charge on any atom is -0.383 e. The van der Waals surface area contributed by atoms with Crippen LogP contribution in [-0.4, -0.2) is 34.1 Å². The van der Waals surface area contributed by atoms with Gasteiger partial charge in [-0.1, -0.05) is 19.3 Å². The number of hydrogen-bond acceptors (Lipinski definition) is 3. The first kappa shape index (κ1) is 11.0. The average molecular weight is 222 g/mol. The van der Waals surface area contributed by atoms with Gasteiger partial charge in [0.15, 0.2) is 0 Å². The zero-order valence-electron chi connectivity index (χ0n) is 9.57. The van der Waals surface area contributed by atoms with Gasteiger partial charge in [0, 0.05) is 13.1 Å². The fourth-order valence-corrected chi connectivity index (χ4v) is 2.29. The predicted octanol–water partition coefficient (Wildman–Crippen LogP) is 1.40. The highest BCUT2D eigenvalue weighted by atomic mass is 16.2. The van der Waals surface area contributed by atoms with Crippen molar-refractivity contribution in [2.24, 2.45) is 0 Å². The summed E-state index contributed by atoms with van der Waals surface area (Å²) in [7, 11) is 1.85. The highest BCUT2D eigenvalue weighted by Crippen LogP contribution is 2.23. The molecule has 1 aliphatic rings. The number of nitrogen functional groups attached to an aromatic ring is 1. The van der Waals surface area contributed by atoms with Gasteiger partial charge in [0.2, 0.25) is 0 Å². The summed E-state index contributed by atoms with van der Waals surface area (Å²) in [6.07, 6.45) is 7.40. The van der Waals surface area contributed by atoms with Gasteiger partial charge in [-0.15, -0.1) is 0 Å². The Hall–Kier alpha value is -1.52. The summed E-state index contributed by atoms with van der Waals surface area (Å²) in [5.74, 6) is 0.325. The van der Waals surface area contributed by atoms with E-state index in [1.54, 1.807) is 4.90 Å². The van der Waals surface area contributed by atoms with Crippen molar-refractivity contribution in [3.8, 4) is 0 Å². The standard InChI is InChI=1S/C11H18N4O/c1-15(8-5-3-2-4-6-8)11(16)9-7-13-14-10(9)12/h7-8H,2-6H2,1H3,(H3,12,13,14). The first-order chi connectivity index (χ1) is 7.70. The molecule has 0 atom stereocenters. The number of carbonyl (C=O) groups excluding carboxylic acids is 1. The van der Waals surface area contributed by atoms with Gasteiger partial charge in [-0.2, -0.15) is 5.10 Å². The van der Waals surface area contributed by atoms with Crippen LogP contribution < -0.4 is 5.73 Å². The summed E-state index contributed by atoms with van der Waals surface area (Å²) in [6.45, 7) is 0. The Labute approximate surface area is 95.0 Å². The number of nitrogens with two attached hydrogens (primary N) is 1. The molecule has 2 rings (SSSR count). The van der Waals surface area contributed by atoms with E-state index in [2.05, 4.69) is 10.2 Å². The maximum absolute atomic E-state index is 12.1. The van der Waals surface area contributed by atoms with E-state index >= 15 is 0 Å². The van der Waals surface area contributed by atoms with Crippen LogP contribution in [0.1, 0.15) is 42.5 Å². The van der Waals surface area contributed by atoms with Crippen molar-refractivity contribution in [2.75, 3.05) is 12.8 Å². The molecule has 16 heavy (non-hydrogen) atoms. The lowest BCUT2D eigenvalue weighted by Crippen LogP contribution is -2.38. The molecule has 88 valence electrons. The molecule has 0 unspecified atom stereocenters. The highest BCUT2D eigenvalue weighted by Gasteiger charge is 2.24. The zero-order valence-corrected chi connectivity index (χ0v) is 9.57. The van der Waals surface area contributed by atoms with Crippen LogP contribution in [-0.2, 0) is 0 Å². The van der Waals surface area contributed by atoms with Gasteiger partial charge in [0.1, 0.15) is 11.4 Å². The average Bonchev–Trinajstić information content (AvgIpc) is 2.75. The summed E-state index contributed by atoms with van der Waals surface area (Å²) < 4.78 is 0. The smallest absolute Gasteiger partial charge is 0.259 e. The molecule has 1 aromatic heterocycles. The third-order valence-corrected chi connectivity index (χ3v) is 3.34. The van der Waals surface area contributed by atoms with E-state index in [0.29, 0.717) is 17.4 Å². The van der Waals surface area contributed by atoms with E-state index in [1.807, 2.05) is 7.05 Å². The third kappa shape index (κ3) is 2.03. The molecule has 0 saturated heterocycles. The van der Waals surface area contributed by atoms with Crippen LogP contribution >= 0.6 is 0 Å². The lowest BCUT2D eigenvalue weighted by molar-refractivity contribution is 0.0697. The van der Waals surface area contributed by atoms with Crippen LogP contribution in [0.2, 0.25) is 0 Å². The number of amides is 1. The molecular weight excluding hydrogens is 204 g/mol. The summed E-state index contributed by atoms with van der Waals surface area (Å²) >= 11 is 0. The van der Waals surface area contributed by atoms with Crippen molar-refractivity contribution in [2.45, 2.75) is 38.1 Å². The monoisotopic (exact) mass is 222 g/mol. The number of H-pyrrole nitrogens is 1. The molecule has 1 saturated carbocycles. The number of aromatic nitrogens is 2. The van der Waals surface area contributed by atoms with Crippen molar-refractivity contribution >= 4 is 11.7 Å². The fraction of sp³-hybridized carbons (Fsp3) is 0.636. The Kier molecular flexibility index (Phi) is 3.12. The second-order valence-corrected chi connectivity index (χ2v) is 4.41. The van der Waals surface area contributed by atoms with E-state index in [-0.39, 0.29) is 5.91 Å². The van der Waals surface area contributed by atoms with Crippen molar-refractivity contribution in [1.82, 2.24) is 15.1 Å². The SMILES string of the molecule is CN(C(=O)c1cn[nH]c1N)C1CCCCC1. The fourth-order valence-electron chi connectivity index (χ4n) is 2.29. The minimum atomic E-state index is -0.0295. The third-order valence-electron chi connectivity index (χ3n) is 3.34. The molecule has 1 heterocycles. The second kappa shape index (κ2) is 4.55. The van der Waals surface area contributed by atoms with Crippen LogP contribution in [0.3, 0.4) is 0 Å². The number of nitrogens with zero attached hydrogens (tertiary/aromatic N) is 2. The van der Waals surface area contributed by atoms with Gasteiger partial charge in [0.05, 0.1) is 6.20 Å². The number of anilines is 1. The second-order valence-electron chi connectivity index (χ2n) is 4.41. The van der Waals surface area contributed by atoms with Crippen LogP contribution in [0, 0.1) is 0 Å². The maximum atomic E-state index is 12.1. The van der Waals surface area contributed by atoms with Crippen molar-refractivity contribution in [3.63, 3.8) is 0 Å². The molecule has 1 aromatic rings. The molecule has 3 N–H and O–H groups in total. The van der Waals surface area contributed by atoms with Gasteiger partial charge in [-0.3, -0.25) is 9.89 Å². The van der Waals surface area contributed by atoms with Gasteiger partial charge in [0.25, 0.3) is 5.91 Å². The molecule has 1 aliphatic carbocycles. The van der Waals surface area contributed by atoms with Crippen LogP contribution in [0.4, 0.5) is 5.82 Å². The summed E-state index contributed by atoms with van der Waals surface area (Å²) in [4.78, 5) is 13.9. The maximum Gasteiger partial charge on any atom is 0.259 e. The first-order valence-corrected chi connectivity index (χ1v) is 5.76. The van der Waals surface area contributed by atoms with E-state index in [4.69, 9.17) is 5.73 Å². The van der Waals surface area contributed by atoms with Crippen molar-refractivity contribution in [3.05, 3.63) is 11.8 Å². The Bertz CT molecular complexity index is 368. The molecule has 0 bridgehead atoms. The van der Waals surface area contributed by atoms with E-state index in [0.717, 1.165) is 12.8 Å². The summed E-state index contributed by atoms with van der Waals surface area (Å²) in [5, 5.41) is 6.36. The number of rotatable bonds is 2. The van der Waals surface area contributed by atoms with Crippen molar-refractivity contribution < 1.29 is 4.79 Å². The van der Waals surface area contributed by atoms with Gasteiger partial charge in [-0.05, 0) is 12.8 Å². The molecule has 5 nitrogen and oxygen atoms in total. The van der Waals surface area contributed by atoms with Crippen LogP contribution in [0.15, 0.2) is 6.20 Å². The molecule has 0 radical (unpaired) electrons. The van der Waals surface area contributed by atoms with Gasteiger partial charge >= 0.3 is 0 Å². The molecular formula is C11H18N4O. The molecule has 0 aliphatic heterocycles. The first-order valence-electron chi connectivity index (χ1n) is 5.76. The van der Waals surface area contributed by atoms with Crippen molar-refractivity contribution in [1.29, 1.82) is 0 Å². The Balaban J connectivity index is 2.06. The molecule has 0 spiro atoms. The molecule has 0 aromatic carbocycles. The number of hydrogen-bond donors (Lipinski definition) is 2. The van der Waals surface area contributed by atoms with E-state index in [9.17, 15) is 4.79 Å². The zero-order chi connectivity index (χ0) is 11.5. The Morgan fingerprint density at radius 3 is 2.75 bits per heavy atom. The summed E-state index contributed by atoms with van der Waals surface area (Å²) in [5.41, 5.74) is 6.12. The lowest BCUT2D eigenvalue weighted by atomic mass is 9.94. The van der Waals surface area contributed by atoms with E-state index < -0.39 is 0 Å². The largest absolute Gasteiger partial charge is 0.383 e. The highest BCUT2D eigenvalue weighted by molar-refractivity contribution is 5.98. The van der Waals surface area contributed by atoms with Crippen LogP contribution in [0.25, 0.3) is 0 Å².